The lowest BCUT2D eigenvalue weighted by atomic mass is 10.4. The Morgan fingerprint density at radius 2 is 2.10 bits per heavy atom. The topological polar surface area (TPSA) is 59.7 Å². The molecular weight excluding hydrogens is 304 g/mol. The molecule has 3 aromatic heterocycles. The maximum atomic E-state index is 4.70. The molecule has 6 nitrogen and oxygen atoms in total. The molecule has 0 amide bonds. The molecule has 4 heterocycles. The predicted octanol–water partition coefficient (Wildman–Crippen LogP) is 2.51. The molecule has 0 radical (unpaired) electrons. The lowest BCUT2D eigenvalue weighted by molar-refractivity contribution is 0.640. The van der Waals surface area contributed by atoms with Gasteiger partial charge in [-0.1, -0.05) is 5.21 Å². The quantitative estimate of drug-likeness (QED) is 0.740. The molecule has 8 heteroatoms. The molecule has 4 rings (SSSR count). The van der Waals surface area contributed by atoms with Gasteiger partial charge in [0, 0.05) is 30.0 Å². The monoisotopic (exact) mass is 318 g/mol. The summed E-state index contributed by atoms with van der Waals surface area (Å²) in [5.74, 6) is 0. The van der Waals surface area contributed by atoms with Crippen LogP contribution in [-0.4, -0.2) is 38.1 Å². The summed E-state index contributed by atoms with van der Waals surface area (Å²) in [6.45, 7) is 2.91. The van der Waals surface area contributed by atoms with E-state index >= 15 is 0 Å². The van der Waals surface area contributed by atoms with E-state index in [0.29, 0.717) is 6.54 Å². The molecule has 0 aliphatic carbocycles. The minimum atomic E-state index is 0.655. The Balaban J connectivity index is 1.48. The lowest BCUT2D eigenvalue weighted by Gasteiger charge is -2.12. The van der Waals surface area contributed by atoms with E-state index in [1.807, 2.05) is 16.3 Å². The van der Waals surface area contributed by atoms with Gasteiger partial charge in [-0.05, 0) is 12.8 Å². The molecule has 0 N–H and O–H groups in total. The Morgan fingerprint density at radius 3 is 2.90 bits per heavy atom. The first-order chi connectivity index (χ1) is 10.4. The third-order valence-corrected chi connectivity index (χ3v) is 5.18. The van der Waals surface area contributed by atoms with E-state index in [4.69, 9.17) is 4.98 Å². The molecule has 1 aliphatic rings. The van der Waals surface area contributed by atoms with E-state index in [0.717, 1.165) is 34.6 Å². The minimum absolute atomic E-state index is 0.655. The molecule has 0 spiro atoms. The first-order valence-corrected chi connectivity index (χ1v) is 8.64. The second kappa shape index (κ2) is 5.53. The van der Waals surface area contributed by atoms with E-state index in [1.165, 1.54) is 12.8 Å². The summed E-state index contributed by atoms with van der Waals surface area (Å²) >= 11 is 3.28. The predicted molar refractivity (Wildman–Crippen MR) is 83.8 cm³/mol. The third kappa shape index (κ3) is 2.68. The van der Waals surface area contributed by atoms with E-state index in [2.05, 4.69) is 25.6 Å². The highest BCUT2D eigenvalue weighted by Gasteiger charge is 2.16. The number of hydrogen-bond donors (Lipinski definition) is 0. The molecule has 0 atom stereocenters. The fourth-order valence-electron chi connectivity index (χ4n) is 2.41. The van der Waals surface area contributed by atoms with Crippen LogP contribution in [-0.2, 0) is 6.54 Å². The molecule has 0 bridgehead atoms. The maximum Gasteiger partial charge on any atom is 0.185 e. The second-order valence-electron chi connectivity index (χ2n) is 4.95. The Hall–Kier alpha value is -1.80. The van der Waals surface area contributed by atoms with Crippen molar-refractivity contribution in [2.24, 2.45) is 0 Å². The van der Waals surface area contributed by atoms with Crippen molar-refractivity contribution in [1.82, 2.24) is 25.0 Å². The summed E-state index contributed by atoms with van der Waals surface area (Å²) in [6.07, 6.45) is 6.25. The fraction of sp³-hybridized carbons (Fsp3) is 0.385. The van der Waals surface area contributed by atoms with Crippen LogP contribution in [0.15, 0.2) is 23.2 Å². The van der Waals surface area contributed by atoms with Crippen LogP contribution < -0.4 is 4.90 Å². The molecule has 1 saturated heterocycles. The van der Waals surface area contributed by atoms with Gasteiger partial charge >= 0.3 is 0 Å². The zero-order chi connectivity index (χ0) is 14.1. The van der Waals surface area contributed by atoms with Crippen molar-refractivity contribution in [3.05, 3.63) is 28.8 Å². The summed E-state index contributed by atoms with van der Waals surface area (Å²) in [4.78, 5) is 11.3. The van der Waals surface area contributed by atoms with Crippen LogP contribution in [0.4, 0.5) is 5.13 Å². The van der Waals surface area contributed by atoms with Crippen molar-refractivity contribution in [2.45, 2.75) is 19.4 Å². The molecule has 3 aromatic rings. The van der Waals surface area contributed by atoms with Crippen LogP contribution in [0.3, 0.4) is 0 Å². The molecule has 21 heavy (non-hydrogen) atoms. The van der Waals surface area contributed by atoms with Gasteiger partial charge in [-0.3, -0.25) is 0 Å². The van der Waals surface area contributed by atoms with Crippen molar-refractivity contribution in [3.63, 3.8) is 0 Å². The normalized spacial score (nSPS) is 15.0. The number of rotatable bonds is 4. The maximum absolute atomic E-state index is 4.70. The van der Waals surface area contributed by atoms with Crippen molar-refractivity contribution in [3.8, 4) is 10.7 Å². The third-order valence-electron chi connectivity index (χ3n) is 3.43. The summed E-state index contributed by atoms with van der Waals surface area (Å²) in [7, 11) is 0. The zero-order valence-electron chi connectivity index (χ0n) is 11.3. The van der Waals surface area contributed by atoms with Gasteiger partial charge in [0.1, 0.15) is 10.7 Å². The number of aromatic nitrogens is 5. The Morgan fingerprint density at radius 1 is 1.19 bits per heavy atom. The minimum Gasteiger partial charge on any atom is -0.348 e. The molecule has 0 saturated carbocycles. The fourth-order valence-corrected chi connectivity index (χ4v) is 3.87. The summed E-state index contributed by atoms with van der Waals surface area (Å²) < 4.78 is 1.82. The van der Waals surface area contributed by atoms with Crippen molar-refractivity contribution in [1.29, 1.82) is 0 Å². The second-order valence-corrected chi connectivity index (χ2v) is 6.69. The Labute approximate surface area is 130 Å². The van der Waals surface area contributed by atoms with Crippen LogP contribution >= 0.6 is 22.7 Å². The van der Waals surface area contributed by atoms with E-state index in [9.17, 15) is 0 Å². The highest BCUT2D eigenvalue weighted by molar-refractivity contribution is 7.13. The summed E-state index contributed by atoms with van der Waals surface area (Å²) in [6, 6.07) is 0. The van der Waals surface area contributed by atoms with Gasteiger partial charge < -0.3 is 4.90 Å². The first kappa shape index (κ1) is 12.9. The van der Waals surface area contributed by atoms with Crippen LogP contribution in [0.2, 0.25) is 0 Å². The highest BCUT2D eigenvalue weighted by Crippen LogP contribution is 2.25. The molecule has 108 valence electrons. The molecule has 1 aliphatic heterocycles. The Bertz CT molecular complexity index is 711. The van der Waals surface area contributed by atoms with Crippen molar-refractivity contribution in [2.75, 3.05) is 18.0 Å². The van der Waals surface area contributed by atoms with Crippen LogP contribution in [0.1, 0.15) is 18.5 Å². The Kier molecular flexibility index (Phi) is 3.40. The summed E-state index contributed by atoms with van der Waals surface area (Å²) in [5, 5.41) is 14.4. The SMILES string of the molecule is c1csc(-c2cn(Cc3csc(N4CCCC4)n3)nn2)n1. The average Bonchev–Trinajstić information content (AvgIpc) is 3.28. The van der Waals surface area contributed by atoms with Crippen molar-refractivity contribution >= 4 is 27.8 Å². The van der Waals surface area contributed by atoms with Gasteiger partial charge in [-0.15, -0.1) is 27.8 Å². The van der Waals surface area contributed by atoms with E-state index < -0.39 is 0 Å². The van der Waals surface area contributed by atoms with Gasteiger partial charge in [-0.2, -0.15) is 0 Å². The lowest BCUT2D eigenvalue weighted by Crippen LogP contribution is -2.17. The largest absolute Gasteiger partial charge is 0.348 e. The zero-order valence-corrected chi connectivity index (χ0v) is 13.0. The van der Waals surface area contributed by atoms with Gasteiger partial charge in [-0.25, -0.2) is 14.6 Å². The van der Waals surface area contributed by atoms with Crippen LogP contribution in [0.5, 0.6) is 0 Å². The summed E-state index contributed by atoms with van der Waals surface area (Å²) in [5.41, 5.74) is 1.86. The van der Waals surface area contributed by atoms with Gasteiger partial charge in [0.2, 0.25) is 0 Å². The number of hydrogen-bond acceptors (Lipinski definition) is 7. The van der Waals surface area contributed by atoms with E-state index in [1.54, 1.807) is 28.9 Å². The first-order valence-electron chi connectivity index (χ1n) is 6.88. The highest BCUT2D eigenvalue weighted by atomic mass is 32.1. The number of anilines is 1. The smallest absolute Gasteiger partial charge is 0.185 e. The number of thiazole rings is 2. The molecule has 0 aromatic carbocycles. The van der Waals surface area contributed by atoms with Crippen molar-refractivity contribution < 1.29 is 0 Å². The van der Waals surface area contributed by atoms with Gasteiger partial charge in [0.25, 0.3) is 0 Å². The average molecular weight is 318 g/mol. The van der Waals surface area contributed by atoms with Crippen LogP contribution in [0.25, 0.3) is 10.7 Å². The van der Waals surface area contributed by atoms with Gasteiger partial charge in [0.05, 0.1) is 18.4 Å². The molecule has 0 unspecified atom stereocenters. The molecule has 1 fully saturated rings. The number of nitrogens with zero attached hydrogens (tertiary/aromatic N) is 6. The standard InChI is InChI=1S/C13H14N6S2/c1-2-5-18(4-1)13-15-10(9-21-13)7-19-8-11(16-17-19)12-14-3-6-20-12/h3,6,8-9H,1-2,4-5,7H2. The van der Waals surface area contributed by atoms with Gasteiger partial charge in [0.15, 0.2) is 5.13 Å². The van der Waals surface area contributed by atoms with E-state index in [-0.39, 0.29) is 0 Å². The molecular formula is C13H14N6S2. The van der Waals surface area contributed by atoms with Crippen LogP contribution in [0, 0.1) is 0 Å².